The minimum absolute atomic E-state index is 0.124. The molecule has 0 N–H and O–H groups in total. The van der Waals surface area contributed by atoms with Gasteiger partial charge in [0.05, 0.1) is 6.26 Å². The van der Waals surface area contributed by atoms with Crippen LogP contribution in [0, 0.1) is 0 Å². The van der Waals surface area contributed by atoms with Crippen molar-refractivity contribution in [1.29, 1.82) is 0 Å². The smallest absolute Gasteiger partial charge is 0.283 e. The lowest BCUT2D eigenvalue weighted by Gasteiger charge is -2.15. The normalized spacial score (nSPS) is 14.7. The molecule has 0 bridgehead atoms. The highest BCUT2D eigenvalue weighted by molar-refractivity contribution is 5.70. The van der Waals surface area contributed by atoms with Gasteiger partial charge in [0.15, 0.2) is 11.3 Å². The van der Waals surface area contributed by atoms with Crippen molar-refractivity contribution in [2.45, 2.75) is 25.8 Å². The standard InChI is InChI=1S/C13H11N3O3/c17-13-10-12(14-9-5-1-2-6-16(9)13)19-11(15-10)8-4-3-7-18-8/h3-4,7H,1-2,5-6H2. The van der Waals surface area contributed by atoms with Crippen LogP contribution in [-0.2, 0) is 13.0 Å². The van der Waals surface area contributed by atoms with E-state index in [1.54, 1.807) is 16.7 Å². The molecule has 0 atom stereocenters. The van der Waals surface area contributed by atoms with E-state index in [1.807, 2.05) is 0 Å². The zero-order valence-electron chi connectivity index (χ0n) is 10.1. The molecule has 0 amide bonds. The van der Waals surface area contributed by atoms with Gasteiger partial charge in [0.25, 0.3) is 17.2 Å². The van der Waals surface area contributed by atoms with Gasteiger partial charge in [0.2, 0.25) is 0 Å². The van der Waals surface area contributed by atoms with E-state index in [4.69, 9.17) is 8.83 Å². The van der Waals surface area contributed by atoms with Gasteiger partial charge >= 0.3 is 0 Å². The first-order valence-electron chi connectivity index (χ1n) is 6.27. The maximum absolute atomic E-state index is 12.3. The van der Waals surface area contributed by atoms with Crippen LogP contribution in [0.2, 0.25) is 0 Å². The van der Waals surface area contributed by atoms with E-state index in [-0.39, 0.29) is 11.1 Å². The highest BCUT2D eigenvalue weighted by Crippen LogP contribution is 2.23. The summed E-state index contributed by atoms with van der Waals surface area (Å²) in [6, 6.07) is 3.48. The molecule has 0 spiro atoms. The van der Waals surface area contributed by atoms with Crippen LogP contribution in [0.15, 0.2) is 32.0 Å². The van der Waals surface area contributed by atoms with Crippen molar-refractivity contribution in [2.75, 3.05) is 0 Å². The van der Waals surface area contributed by atoms with E-state index in [2.05, 4.69) is 9.97 Å². The fourth-order valence-corrected chi connectivity index (χ4v) is 2.43. The van der Waals surface area contributed by atoms with Gasteiger partial charge in [0.1, 0.15) is 5.82 Å². The highest BCUT2D eigenvalue weighted by atomic mass is 16.4. The second kappa shape index (κ2) is 3.81. The van der Waals surface area contributed by atoms with E-state index in [1.165, 1.54) is 6.26 Å². The summed E-state index contributed by atoms with van der Waals surface area (Å²) in [7, 11) is 0. The first-order valence-corrected chi connectivity index (χ1v) is 6.27. The fourth-order valence-electron chi connectivity index (χ4n) is 2.43. The Morgan fingerprint density at radius 2 is 2.21 bits per heavy atom. The van der Waals surface area contributed by atoms with Crippen LogP contribution in [0.3, 0.4) is 0 Å². The molecule has 3 aromatic rings. The van der Waals surface area contributed by atoms with E-state index in [0.29, 0.717) is 23.9 Å². The van der Waals surface area contributed by atoms with Gasteiger partial charge in [-0.1, -0.05) is 0 Å². The molecule has 6 heteroatoms. The molecule has 0 aliphatic carbocycles. The summed E-state index contributed by atoms with van der Waals surface area (Å²) >= 11 is 0. The van der Waals surface area contributed by atoms with Gasteiger partial charge in [0, 0.05) is 13.0 Å². The molecule has 3 aromatic heterocycles. The lowest BCUT2D eigenvalue weighted by molar-refractivity contribution is 0.492. The minimum Gasteiger partial charge on any atom is -0.459 e. The SMILES string of the molecule is O=c1c2nc(-c3ccco3)oc2nc2n1CCCC2. The van der Waals surface area contributed by atoms with Crippen LogP contribution in [0.25, 0.3) is 22.9 Å². The van der Waals surface area contributed by atoms with Crippen molar-refractivity contribution in [3.8, 4) is 11.7 Å². The van der Waals surface area contributed by atoms with E-state index in [0.717, 1.165) is 25.1 Å². The Balaban J connectivity index is 1.99. The average Bonchev–Trinajstić information content (AvgIpc) is 3.07. The van der Waals surface area contributed by atoms with Gasteiger partial charge in [-0.3, -0.25) is 9.36 Å². The Hall–Kier alpha value is -2.37. The van der Waals surface area contributed by atoms with Crippen molar-refractivity contribution >= 4 is 11.2 Å². The maximum Gasteiger partial charge on any atom is 0.283 e. The van der Waals surface area contributed by atoms with E-state index in [9.17, 15) is 4.79 Å². The summed E-state index contributed by atoms with van der Waals surface area (Å²) in [6.45, 7) is 0.708. The van der Waals surface area contributed by atoms with Crippen LogP contribution in [0.4, 0.5) is 0 Å². The zero-order valence-corrected chi connectivity index (χ0v) is 10.1. The number of furan rings is 1. The number of nitrogens with zero attached hydrogens (tertiary/aromatic N) is 3. The monoisotopic (exact) mass is 257 g/mol. The molecule has 0 radical (unpaired) electrons. The Morgan fingerprint density at radius 3 is 3.05 bits per heavy atom. The largest absolute Gasteiger partial charge is 0.459 e. The van der Waals surface area contributed by atoms with E-state index < -0.39 is 0 Å². The first-order chi connectivity index (χ1) is 9.33. The number of hydrogen-bond donors (Lipinski definition) is 0. The lowest BCUT2D eigenvalue weighted by Crippen LogP contribution is -2.28. The van der Waals surface area contributed by atoms with Crippen molar-refractivity contribution in [3.05, 3.63) is 34.6 Å². The van der Waals surface area contributed by atoms with Crippen molar-refractivity contribution in [2.24, 2.45) is 0 Å². The number of fused-ring (bicyclic) bond motifs is 2. The third-order valence-corrected chi connectivity index (χ3v) is 3.36. The Kier molecular flexibility index (Phi) is 2.11. The molecule has 1 aliphatic heterocycles. The minimum atomic E-state index is -0.124. The van der Waals surface area contributed by atoms with E-state index >= 15 is 0 Å². The quantitative estimate of drug-likeness (QED) is 0.666. The molecule has 96 valence electrons. The Morgan fingerprint density at radius 1 is 1.26 bits per heavy atom. The molecule has 19 heavy (non-hydrogen) atoms. The number of hydrogen-bond acceptors (Lipinski definition) is 5. The van der Waals surface area contributed by atoms with Crippen LogP contribution in [-0.4, -0.2) is 14.5 Å². The molecule has 6 nitrogen and oxygen atoms in total. The predicted octanol–water partition coefficient (Wildman–Crippen LogP) is 1.98. The number of aromatic nitrogens is 3. The third kappa shape index (κ3) is 1.53. The molecule has 0 saturated heterocycles. The molecule has 0 saturated carbocycles. The van der Waals surface area contributed by atoms with Gasteiger partial charge in [-0.05, 0) is 25.0 Å². The Bertz CT molecular complexity index is 799. The summed E-state index contributed by atoms with van der Waals surface area (Å²) < 4.78 is 12.4. The van der Waals surface area contributed by atoms with Crippen molar-refractivity contribution < 1.29 is 8.83 Å². The maximum atomic E-state index is 12.3. The predicted molar refractivity (Wildman–Crippen MR) is 66.7 cm³/mol. The lowest BCUT2D eigenvalue weighted by atomic mass is 10.1. The molecule has 1 aliphatic rings. The summed E-state index contributed by atoms with van der Waals surface area (Å²) in [5, 5.41) is 0. The highest BCUT2D eigenvalue weighted by Gasteiger charge is 2.20. The fraction of sp³-hybridized carbons (Fsp3) is 0.308. The van der Waals surface area contributed by atoms with Crippen LogP contribution < -0.4 is 5.56 Å². The number of aryl methyl sites for hydroxylation is 1. The number of oxazole rings is 1. The molecular weight excluding hydrogens is 246 g/mol. The van der Waals surface area contributed by atoms with Crippen LogP contribution in [0.5, 0.6) is 0 Å². The molecule has 0 fully saturated rings. The number of rotatable bonds is 1. The van der Waals surface area contributed by atoms with Gasteiger partial charge in [-0.2, -0.15) is 9.97 Å². The second-order valence-corrected chi connectivity index (χ2v) is 4.59. The van der Waals surface area contributed by atoms with Crippen molar-refractivity contribution in [1.82, 2.24) is 14.5 Å². The summed E-state index contributed by atoms with van der Waals surface area (Å²) in [5.41, 5.74) is 0.447. The third-order valence-electron chi connectivity index (χ3n) is 3.36. The average molecular weight is 257 g/mol. The summed E-state index contributed by atoms with van der Waals surface area (Å²) in [6.07, 6.45) is 4.40. The summed E-state index contributed by atoms with van der Waals surface area (Å²) in [4.78, 5) is 20.9. The summed E-state index contributed by atoms with van der Waals surface area (Å²) in [5.74, 6) is 1.58. The Labute approximate surface area is 107 Å². The van der Waals surface area contributed by atoms with Crippen LogP contribution in [0.1, 0.15) is 18.7 Å². The molecular formula is C13H11N3O3. The van der Waals surface area contributed by atoms with Crippen LogP contribution >= 0.6 is 0 Å². The zero-order chi connectivity index (χ0) is 12.8. The van der Waals surface area contributed by atoms with Crippen molar-refractivity contribution in [3.63, 3.8) is 0 Å². The van der Waals surface area contributed by atoms with Gasteiger partial charge in [-0.15, -0.1) is 0 Å². The van der Waals surface area contributed by atoms with Gasteiger partial charge < -0.3 is 8.83 Å². The molecule has 4 heterocycles. The molecule has 0 aromatic carbocycles. The molecule has 4 rings (SSSR count). The molecule has 0 unspecified atom stereocenters. The topological polar surface area (TPSA) is 74.1 Å². The van der Waals surface area contributed by atoms with Gasteiger partial charge in [-0.25, -0.2) is 0 Å². The second-order valence-electron chi connectivity index (χ2n) is 4.59. The first kappa shape index (κ1) is 10.5.